The van der Waals surface area contributed by atoms with Crippen LogP contribution in [0.3, 0.4) is 0 Å². The van der Waals surface area contributed by atoms with Gasteiger partial charge in [-0.2, -0.15) is 0 Å². The number of likely N-dealkylation sites (tertiary alicyclic amines) is 1. The first-order valence-electron chi connectivity index (χ1n) is 4.79. The lowest BCUT2D eigenvalue weighted by atomic mass is 9.97. The third-order valence-electron chi connectivity index (χ3n) is 2.51. The summed E-state index contributed by atoms with van der Waals surface area (Å²) >= 11 is 4.95. The average Bonchev–Trinajstić information content (AvgIpc) is 2.04. The second-order valence-corrected chi connectivity index (χ2v) is 4.30. The third-order valence-corrected chi connectivity index (χ3v) is 2.85. The van der Waals surface area contributed by atoms with E-state index in [1.54, 1.807) is 0 Å². The number of nitrogens with two attached hydrogens (primary N) is 1. The Bertz CT molecular complexity index is 176. The number of thiocarbonyl (C=S) groups is 1. The number of nitrogens with zero attached hydrogens (tertiary/aromatic N) is 1. The van der Waals surface area contributed by atoms with Gasteiger partial charge < -0.3 is 15.7 Å². The molecule has 0 amide bonds. The summed E-state index contributed by atoms with van der Waals surface area (Å²) in [6, 6.07) is 0. The molecule has 1 aliphatic heterocycles. The summed E-state index contributed by atoms with van der Waals surface area (Å²) in [6.07, 6.45) is 1.85. The van der Waals surface area contributed by atoms with E-state index < -0.39 is 0 Å². The zero-order valence-corrected chi connectivity index (χ0v) is 8.89. The molecule has 1 unspecified atom stereocenters. The van der Waals surface area contributed by atoms with Crippen molar-refractivity contribution in [3.63, 3.8) is 0 Å². The van der Waals surface area contributed by atoms with E-state index >= 15 is 0 Å². The zero-order valence-electron chi connectivity index (χ0n) is 8.07. The Morgan fingerprint density at radius 1 is 1.62 bits per heavy atom. The van der Waals surface area contributed by atoms with Crippen molar-refractivity contribution in [1.29, 1.82) is 0 Å². The molecule has 76 valence electrons. The number of hydrogen-bond acceptors (Lipinski definition) is 3. The van der Waals surface area contributed by atoms with Crippen molar-refractivity contribution >= 4 is 17.2 Å². The minimum Gasteiger partial charge on any atom is -0.393 e. The van der Waals surface area contributed by atoms with E-state index in [4.69, 9.17) is 18.0 Å². The van der Waals surface area contributed by atoms with E-state index in [2.05, 4.69) is 4.90 Å². The molecule has 0 aromatic rings. The van der Waals surface area contributed by atoms with Gasteiger partial charge in [0, 0.05) is 12.5 Å². The first-order chi connectivity index (χ1) is 6.09. The molecule has 0 aliphatic carbocycles. The van der Waals surface area contributed by atoms with Crippen LogP contribution in [-0.2, 0) is 0 Å². The molecule has 3 N–H and O–H groups in total. The Morgan fingerprint density at radius 2 is 2.15 bits per heavy atom. The van der Waals surface area contributed by atoms with E-state index in [0.29, 0.717) is 10.9 Å². The molecule has 0 aromatic carbocycles. The number of rotatable bonds is 3. The Hall–Kier alpha value is -0.190. The topological polar surface area (TPSA) is 49.5 Å². The molecule has 1 rings (SSSR count). The lowest BCUT2D eigenvalue weighted by molar-refractivity contribution is 0.108. The first-order valence-corrected chi connectivity index (χ1v) is 5.20. The highest BCUT2D eigenvalue weighted by molar-refractivity contribution is 7.80. The van der Waals surface area contributed by atoms with Gasteiger partial charge in [-0.25, -0.2) is 0 Å². The van der Waals surface area contributed by atoms with Crippen LogP contribution in [0.25, 0.3) is 0 Å². The van der Waals surface area contributed by atoms with Crippen LogP contribution in [-0.4, -0.2) is 40.7 Å². The molecule has 0 bridgehead atoms. The summed E-state index contributed by atoms with van der Waals surface area (Å²) in [5.41, 5.74) is 5.58. The van der Waals surface area contributed by atoms with Gasteiger partial charge in [-0.15, -0.1) is 0 Å². The van der Waals surface area contributed by atoms with Crippen molar-refractivity contribution in [3.8, 4) is 0 Å². The molecule has 3 nitrogen and oxygen atoms in total. The molecular weight excluding hydrogens is 184 g/mol. The summed E-state index contributed by atoms with van der Waals surface area (Å²) in [7, 11) is 0. The number of piperidine rings is 1. The molecule has 0 saturated carbocycles. The van der Waals surface area contributed by atoms with Crippen molar-refractivity contribution in [2.45, 2.75) is 25.9 Å². The lowest BCUT2D eigenvalue weighted by Crippen LogP contribution is -2.40. The highest BCUT2D eigenvalue weighted by Gasteiger charge is 2.21. The predicted molar refractivity (Wildman–Crippen MR) is 57.6 cm³/mol. The van der Waals surface area contributed by atoms with Crippen LogP contribution in [0.2, 0.25) is 0 Å². The fraction of sp³-hybridized carbons (Fsp3) is 0.889. The van der Waals surface area contributed by atoms with Crippen LogP contribution >= 0.6 is 12.2 Å². The highest BCUT2D eigenvalue weighted by Crippen LogP contribution is 2.17. The standard InChI is InChI=1S/C9H18N2OS/c1-7(12)6-11-4-2-8(3-5-11)9(10)13/h7-8,12H,2-6H2,1H3,(H2,10,13). The molecule has 1 aliphatic rings. The maximum absolute atomic E-state index is 9.19. The Morgan fingerprint density at radius 3 is 2.54 bits per heavy atom. The normalized spacial score (nSPS) is 22.9. The molecule has 13 heavy (non-hydrogen) atoms. The minimum absolute atomic E-state index is 0.235. The monoisotopic (exact) mass is 202 g/mol. The lowest BCUT2D eigenvalue weighted by Gasteiger charge is -2.31. The summed E-state index contributed by atoms with van der Waals surface area (Å²) < 4.78 is 0. The van der Waals surface area contributed by atoms with Crippen LogP contribution in [0.1, 0.15) is 19.8 Å². The average molecular weight is 202 g/mol. The molecule has 0 spiro atoms. The molecule has 0 aromatic heterocycles. The Kier molecular flexibility index (Phi) is 4.09. The fourth-order valence-corrected chi connectivity index (χ4v) is 2.01. The summed E-state index contributed by atoms with van der Waals surface area (Å²) in [6.45, 7) is 4.60. The van der Waals surface area contributed by atoms with Gasteiger partial charge in [-0.05, 0) is 32.9 Å². The molecule has 1 atom stereocenters. The molecule has 4 heteroatoms. The first kappa shape index (κ1) is 10.9. The highest BCUT2D eigenvalue weighted by atomic mass is 32.1. The van der Waals surface area contributed by atoms with Crippen LogP contribution in [0.15, 0.2) is 0 Å². The predicted octanol–water partition coefficient (Wildman–Crippen LogP) is 0.365. The maximum atomic E-state index is 9.19. The van der Waals surface area contributed by atoms with Crippen LogP contribution in [0, 0.1) is 5.92 Å². The largest absolute Gasteiger partial charge is 0.393 e. The van der Waals surface area contributed by atoms with Crippen molar-refractivity contribution in [2.24, 2.45) is 11.7 Å². The van der Waals surface area contributed by atoms with Gasteiger partial charge in [0.25, 0.3) is 0 Å². The second kappa shape index (κ2) is 4.88. The van der Waals surface area contributed by atoms with E-state index in [1.165, 1.54) is 0 Å². The SMILES string of the molecule is CC(O)CN1CCC(C(N)=S)CC1. The van der Waals surface area contributed by atoms with Crippen molar-refractivity contribution in [1.82, 2.24) is 4.90 Å². The van der Waals surface area contributed by atoms with Gasteiger partial charge in [0.2, 0.25) is 0 Å². The van der Waals surface area contributed by atoms with Crippen molar-refractivity contribution in [2.75, 3.05) is 19.6 Å². The fourth-order valence-electron chi connectivity index (χ4n) is 1.77. The van der Waals surface area contributed by atoms with E-state index in [-0.39, 0.29) is 6.10 Å². The maximum Gasteiger partial charge on any atom is 0.0759 e. The minimum atomic E-state index is -0.235. The Balaban J connectivity index is 2.26. The summed E-state index contributed by atoms with van der Waals surface area (Å²) in [5, 5.41) is 9.19. The van der Waals surface area contributed by atoms with Crippen LogP contribution in [0.4, 0.5) is 0 Å². The van der Waals surface area contributed by atoms with Gasteiger partial charge >= 0.3 is 0 Å². The zero-order chi connectivity index (χ0) is 9.84. The van der Waals surface area contributed by atoms with Gasteiger partial charge in [0.15, 0.2) is 0 Å². The summed E-state index contributed by atoms with van der Waals surface area (Å²) in [4.78, 5) is 2.91. The molecule has 1 fully saturated rings. The number of aliphatic hydroxyl groups is 1. The van der Waals surface area contributed by atoms with Gasteiger partial charge in [0.05, 0.1) is 11.1 Å². The van der Waals surface area contributed by atoms with E-state index in [9.17, 15) is 5.11 Å². The van der Waals surface area contributed by atoms with Crippen molar-refractivity contribution in [3.05, 3.63) is 0 Å². The van der Waals surface area contributed by atoms with E-state index in [0.717, 1.165) is 32.5 Å². The second-order valence-electron chi connectivity index (χ2n) is 3.83. The van der Waals surface area contributed by atoms with Gasteiger partial charge in [-0.3, -0.25) is 0 Å². The van der Waals surface area contributed by atoms with Crippen molar-refractivity contribution < 1.29 is 5.11 Å². The van der Waals surface area contributed by atoms with Gasteiger partial charge in [-0.1, -0.05) is 12.2 Å². The number of hydrogen-bond donors (Lipinski definition) is 2. The molecule has 0 radical (unpaired) electrons. The molecule has 1 heterocycles. The molecular formula is C9H18N2OS. The van der Waals surface area contributed by atoms with Crippen LogP contribution < -0.4 is 5.73 Å². The smallest absolute Gasteiger partial charge is 0.0759 e. The summed E-state index contributed by atoms with van der Waals surface area (Å²) in [5.74, 6) is 0.417. The van der Waals surface area contributed by atoms with E-state index in [1.807, 2.05) is 6.92 Å². The van der Waals surface area contributed by atoms with Crippen LogP contribution in [0.5, 0.6) is 0 Å². The molecule has 1 saturated heterocycles. The number of β-amino-alcohol motifs (C(OH)–C–C–N with tert-alkyl or cyclic N) is 1. The van der Waals surface area contributed by atoms with Gasteiger partial charge in [0.1, 0.15) is 0 Å². The Labute approximate surface area is 84.9 Å². The number of aliphatic hydroxyl groups excluding tert-OH is 1. The third kappa shape index (κ3) is 3.58. The quantitative estimate of drug-likeness (QED) is 0.649.